The van der Waals surface area contributed by atoms with Gasteiger partial charge in [0.2, 0.25) is 0 Å². The minimum absolute atomic E-state index is 0.664. The fraction of sp³-hybridized carbons (Fsp3) is 0. The SMILES string of the molecule is c1ccc(-c2ccc3cc(-c4ccc5c(c4)oc4cccc(-c6nc(-c7ccc8c(c7)oc7ccccc78)c7sc8ccccc8c7n6)c45)ccc3c2)cc1. The highest BCUT2D eigenvalue weighted by Gasteiger charge is 2.21. The molecule has 55 heavy (non-hydrogen) atoms. The Kier molecular flexibility index (Phi) is 6.47. The Balaban J connectivity index is 1.00. The van der Waals surface area contributed by atoms with Crippen molar-refractivity contribution in [2.45, 2.75) is 0 Å². The molecule has 0 fully saturated rings. The molecule has 4 heterocycles. The first-order chi connectivity index (χ1) is 27.2. The maximum absolute atomic E-state index is 6.60. The number of hydrogen-bond acceptors (Lipinski definition) is 5. The molecule has 0 bridgehead atoms. The highest BCUT2D eigenvalue weighted by Crippen LogP contribution is 2.43. The van der Waals surface area contributed by atoms with Gasteiger partial charge in [0.05, 0.1) is 15.9 Å². The van der Waals surface area contributed by atoms with Gasteiger partial charge in [-0.25, -0.2) is 9.97 Å². The van der Waals surface area contributed by atoms with Crippen LogP contribution in [-0.2, 0) is 0 Å². The molecule has 0 saturated heterocycles. The van der Waals surface area contributed by atoms with E-state index in [-0.39, 0.29) is 0 Å². The monoisotopic (exact) mass is 720 g/mol. The Hall–Kier alpha value is -7.08. The highest BCUT2D eigenvalue weighted by atomic mass is 32.1. The zero-order chi connectivity index (χ0) is 36.0. The van der Waals surface area contributed by atoms with Crippen LogP contribution in [0, 0.1) is 0 Å². The van der Waals surface area contributed by atoms with Gasteiger partial charge in [-0.15, -0.1) is 11.3 Å². The molecule has 0 saturated carbocycles. The molecule has 4 aromatic heterocycles. The minimum Gasteiger partial charge on any atom is -0.456 e. The summed E-state index contributed by atoms with van der Waals surface area (Å²) in [6, 6.07) is 59.7. The molecule has 8 aromatic carbocycles. The smallest absolute Gasteiger partial charge is 0.161 e. The van der Waals surface area contributed by atoms with Crippen molar-refractivity contribution in [3.63, 3.8) is 0 Å². The third kappa shape index (κ3) is 4.77. The molecule has 0 amide bonds. The average Bonchev–Trinajstić information content (AvgIpc) is 3.94. The highest BCUT2D eigenvalue weighted by molar-refractivity contribution is 7.26. The van der Waals surface area contributed by atoms with Gasteiger partial charge < -0.3 is 8.83 Å². The first-order valence-corrected chi connectivity index (χ1v) is 19.2. The van der Waals surface area contributed by atoms with Crippen molar-refractivity contribution in [3.05, 3.63) is 170 Å². The molecule has 5 heteroatoms. The Morgan fingerprint density at radius 2 is 1.02 bits per heavy atom. The molecule has 4 nitrogen and oxygen atoms in total. The number of thiophene rings is 1. The van der Waals surface area contributed by atoms with E-state index in [1.54, 1.807) is 11.3 Å². The number of nitrogens with zero attached hydrogens (tertiary/aromatic N) is 2. The van der Waals surface area contributed by atoms with Crippen LogP contribution < -0.4 is 0 Å². The lowest BCUT2D eigenvalue weighted by atomic mass is 9.97. The van der Waals surface area contributed by atoms with E-state index in [1.807, 2.05) is 30.3 Å². The second-order valence-electron chi connectivity index (χ2n) is 14.1. The van der Waals surface area contributed by atoms with Crippen molar-refractivity contribution in [3.8, 4) is 44.9 Å². The first kappa shape index (κ1) is 30.4. The maximum atomic E-state index is 6.60. The number of furan rings is 2. The first-order valence-electron chi connectivity index (χ1n) is 18.4. The molecule has 0 aliphatic rings. The molecule has 0 N–H and O–H groups in total. The molecule has 0 aliphatic carbocycles. The Morgan fingerprint density at radius 3 is 1.89 bits per heavy atom. The summed E-state index contributed by atoms with van der Waals surface area (Å²) in [5, 5.41) is 7.79. The zero-order valence-corrected chi connectivity index (χ0v) is 30.1. The van der Waals surface area contributed by atoms with E-state index in [1.165, 1.54) is 26.6 Å². The van der Waals surface area contributed by atoms with Crippen molar-refractivity contribution >= 4 is 86.3 Å². The third-order valence-electron chi connectivity index (χ3n) is 10.9. The molecule has 0 radical (unpaired) electrons. The molecule has 0 atom stereocenters. The van der Waals surface area contributed by atoms with Gasteiger partial charge in [0, 0.05) is 42.8 Å². The van der Waals surface area contributed by atoms with E-state index in [0.29, 0.717) is 5.82 Å². The van der Waals surface area contributed by atoms with Gasteiger partial charge in [0.1, 0.15) is 22.3 Å². The number of hydrogen-bond donors (Lipinski definition) is 0. The van der Waals surface area contributed by atoms with Gasteiger partial charge in [0.25, 0.3) is 0 Å². The Labute approximate surface area is 318 Å². The van der Waals surface area contributed by atoms with Crippen LogP contribution in [-0.4, -0.2) is 9.97 Å². The van der Waals surface area contributed by atoms with Crippen molar-refractivity contribution in [2.24, 2.45) is 0 Å². The summed E-state index contributed by atoms with van der Waals surface area (Å²) in [7, 11) is 0. The summed E-state index contributed by atoms with van der Waals surface area (Å²) in [6.07, 6.45) is 0. The lowest BCUT2D eigenvalue weighted by Gasteiger charge is -2.09. The molecule has 12 aromatic rings. The molecule has 256 valence electrons. The third-order valence-corrected chi connectivity index (χ3v) is 12.1. The second kappa shape index (κ2) is 11.7. The predicted molar refractivity (Wildman–Crippen MR) is 229 cm³/mol. The average molecular weight is 721 g/mol. The fourth-order valence-corrected chi connectivity index (χ4v) is 9.36. The number of benzene rings is 8. The van der Waals surface area contributed by atoms with Crippen molar-refractivity contribution in [1.29, 1.82) is 0 Å². The van der Waals surface area contributed by atoms with E-state index in [9.17, 15) is 0 Å². The van der Waals surface area contributed by atoms with Crippen LogP contribution in [0.2, 0.25) is 0 Å². The molecule has 0 aliphatic heterocycles. The van der Waals surface area contributed by atoms with Gasteiger partial charge in [-0.2, -0.15) is 0 Å². The van der Waals surface area contributed by atoms with Gasteiger partial charge in [-0.05, 0) is 87.6 Å². The van der Waals surface area contributed by atoms with Gasteiger partial charge in [0.15, 0.2) is 5.82 Å². The summed E-state index contributed by atoms with van der Waals surface area (Å²) < 4.78 is 15.2. The quantitative estimate of drug-likeness (QED) is 0.182. The Morgan fingerprint density at radius 1 is 0.400 bits per heavy atom. The summed E-state index contributed by atoms with van der Waals surface area (Å²) in [6.45, 7) is 0. The number of para-hydroxylation sites is 1. The fourth-order valence-electron chi connectivity index (χ4n) is 8.21. The van der Waals surface area contributed by atoms with Crippen molar-refractivity contribution in [2.75, 3.05) is 0 Å². The van der Waals surface area contributed by atoms with Crippen LogP contribution in [0.3, 0.4) is 0 Å². The summed E-state index contributed by atoms with van der Waals surface area (Å²) >= 11 is 1.73. The minimum atomic E-state index is 0.664. The number of rotatable bonds is 4. The maximum Gasteiger partial charge on any atom is 0.161 e. The van der Waals surface area contributed by atoms with Crippen LogP contribution in [0.15, 0.2) is 179 Å². The summed E-state index contributed by atoms with van der Waals surface area (Å²) in [5.41, 5.74) is 11.8. The van der Waals surface area contributed by atoms with E-state index in [2.05, 4.69) is 140 Å². The topological polar surface area (TPSA) is 52.1 Å². The van der Waals surface area contributed by atoms with Crippen LogP contribution in [0.5, 0.6) is 0 Å². The van der Waals surface area contributed by atoms with Crippen LogP contribution in [0.1, 0.15) is 0 Å². The van der Waals surface area contributed by atoms with Crippen molar-refractivity contribution in [1.82, 2.24) is 9.97 Å². The largest absolute Gasteiger partial charge is 0.456 e. The zero-order valence-electron chi connectivity index (χ0n) is 29.3. The van der Waals surface area contributed by atoms with E-state index in [0.717, 1.165) is 87.4 Å². The van der Waals surface area contributed by atoms with Gasteiger partial charge in [-0.1, -0.05) is 115 Å². The second-order valence-corrected chi connectivity index (χ2v) is 15.2. The number of aromatic nitrogens is 2. The van der Waals surface area contributed by atoms with Gasteiger partial charge in [-0.3, -0.25) is 0 Å². The van der Waals surface area contributed by atoms with Gasteiger partial charge >= 0.3 is 0 Å². The summed E-state index contributed by atoms with van der Waals surface area (Å²) in [4.78, 5) is 10.7. The molecule has 0 spiro atoms. The summed E-state index contributed by atoms with van der Waals surface area (Å²) in [5.74, 6) is 0.664. The standard InChI is InChI=1S/C50H28N2O2S/c1-2-9-29(10-3-1)30-17-18-32-26-33(20-19-31(32)25-30)34-21-24-38-44(27-34)54-42-15-8-13-40(46(38)42)50-51-47(49-48(52-50)39-12-5-7-16-45(39)55-49)35-22-23-37-36-11-4-6-14-41(36)53-43(37)28-35/h1-28H. The Bertz CT molecular complexity index is 3500. The van der Waals surface area contributed by atoms with E-state index >= 15 is 0 Å². The van der Waals surface area contributed by atoms with Crippen molar-refractivity contribution < 1.29 is 8.83 Å². The lowest BCUT2D eigenvalue weighted by molar-refractivity contribution is 0.668. The lowest BCUT2D eigenvalue weighted by Crippen LogP contribution is -1.94. The van der Waals surface area contributed by atoms with Crippen LogP contribution in [0.4, 0.5) is 0 Å². The molecule has 12 rings (SSSR count). The van der Waals surface area contributed by atoms with E-state index in [4.69, 9.17) is 18.8 Å². The van der Waals surface area contributed by atoms with E-state index < -0.39 is 0 Å². The normalized spacial score (nSPS) is 12.0. The molecule has 0 unspecified atom stereocenters. The number of fused-ring (bicyclic) bond motifs is 10. The van der Waals surface area contributed by atoms with Crippen LogP contribution >= 0.6 is 11.3 Å². The molecular formula is C50H28N2O2S. The predicted octanol–water partition coefficient (Wildman–Crippen LogP) is 14.5. The van der Waals surface area contributed by atoms with Crippen LogP contribution in [0.25, 0.3) is 120 Å². The molecular weight excluding hydrogens is 693 g/mol.